The molecule has 0 radical (unpaired) electrons. The van der Waals surface area contributed by atoms with E-state index in [9.17, 15) is 14.4 Å². The van der Waals surface area contributed by atoms with Crippen LogP contribution in [0.25, 0.3) is 0 Å². The van der Waals surface area contributed by atoms with Gasteiger partial charge in [-0.1, -0.05) is 116 Å². The quantitative estimate of drug-likeness (QED) is 0.204. The maximum atomic E-state index is 13.6. The normalized spacial score (nSPS) is 21.7. The van der Waals surface area contributed by atoms with Crippen molar-refractivity contribution in [3.05, 3.63) is 93.3 Å². The van der Waals surface area contributed by atoms with Gasteiger partial charge >= 0.3 is 5.69 Å². The number of nitrogens with one attached hydrogen (secondary N) is 1. The number of ether oxygens (including phenoxy) is 1. The lowest BCUT2D eigenvalue weighted by molar-refractivity contribution is -0.0716. The van der Waals surface area contributed by atoms with Crippen LogP contribution in [0.4, 0.5) is 0 Å². The number of H-pyrrole nitrogens is 1. The van der Waals surface area contributed by atoms with Gasteiger partial charge in [0.25, 0.3) is 13.9 Å². The minimum Gasteiger partial charge on any atom is -0.432 e. The summed E-state index contributed by atoms with van der Waals surface area (Å²) in [6.45, 7) is 29.9. The summed E-state index contributed by atoms with van der Waals surface area (Å²) in [6, 6.07) is 21.1. The van der Waals surface area contributed by atoms with E-state index in [0.29, 0.717) is 12.0 Å². The molecule has 0 aliphatic carbocycles. The molecule has 2 aromatic carbocycles. The molecule has 2 N–H and O–H groups in total. The van der Waals surface area contributed by atoms with Crippen molar-refractivity contribution in [3.63, 3.8) is 0 Å². The Balaban J connectivity index is 1.97. The van der Waals surface area contributed by atoms with E-state index in [1.54, 1.807) is 13.1 Å². The minimum absolute atomic E-state index is 0.103. The molecule has 5 atom stereocenters. The van der Waals surface area contributed by atoms with Gasteiger partial charge in [0.15, 0.2) is 16.6 Å². The molecule has 2 heterocycles. The molecule has 1 aromatic heterocycles. The lowest BCUT2D eigenvalue weighted by Crippen LogP contribution is -2.68. The maximum Gasteiger partial charge on any atom is 0.330 e. The van der Waals surface area contributed by atoms with E-state index in [4.69, 9.17) is 13.6 Å². The van der Waals surface area contributed by atoms with Crippen LogP contribution in [0, 0.1) is 12.8 Å². The van der Waals surface area contributed by atoms with Crippen molar-refractivity contribution in [2.24, 2.45) is 5.92 Å². The second-order valence-electron chi connectivity index (χ2n) is 18.1. The zero-order valence-corrected chi connectivity index (χ0v) is 35.9. The third-order valence-corrected chi connectivity index (χ3v) is 24.8. The minimum atomic E-state index is -3.01. The second-order valence-corrected chi connectivity index (χ2v) is 31.6. The van der Waals surface area contributed by atoms with Crippen molar-refractivity contribution in [1.29, 1.82) is 0 Å². The molecule has 3 unspecified atom stereocenters. The Kier molecular flexibility index (Phi) is 11.5. The summed E-state index contributed by atoms with van der Waals surface area (Å²) in [5.41, 5.74) is -0.523. The molecule has 50 heavy (non-hydrogen) atoms. The molecule has 1 aliphatic rings. The molecule has 1 saturated heterocycles. The summed E-state index contributed by atoms with van der Waals surface area (Å²) in [5, 5.41) is 1.51. The fourth-order valence-electron chi connectivity index (χ4n) is 6.93. The van der Waals surface area contributed by atoms with Crippen molar-refractivity contribution < 1.29 is 18.4 Å². The number of hydrogen-bond acceptors (Lipinski definition) is 6. The molecule has 11 heteroatoms. The van der Waals surface area contributed by atoms with Gasteiger partial charge in [0.2, 0.25) is 0 Å². The van der Waals surface area contributed by atoms with Gasteiger partial charge in [-0.3, -0.25) is 14.3 Å². The molecule has 0 amide bonds. The fourth-order valence-corrected chi connectivity index (χ4v) is 13.7. The molecule has 0 spiro atoms. The molecular weight excluding hydrogens is 677 g/mol. The molecular formula is C39H62N2O6Si3. The smallest absolute Gasteiger partial charge is 0.330 e. The summed E-state index contributed by atoms with van der Waals surface area (Å²) < 4.78 is 23.7. The molecule has 1 fully saturated rings. The SMILES string of the molecule is Cc1cn([C@@H]2O[C@H](C(C)O[Si](c3ccccc3)(c3ccccc3)C(C)(C)C)C(O[Si](C)(C)C(C)(C)C)C2CC(C)(C)[Si](C)(C)O)c(=O)[nH]c1=O. The number of aromatic nitrogens is 2. The topological polar surface area (TPSA) is 103 Å². The molecule has 3 aromatic rings. The van der Waals surface area contributed by atoms with Gasteiger partial charge in [-0.25, -0.2) is 4.79 Å². The van der Waals surface area contributed by atoms with Crippen molar-refractivity contribution >= 4 is 35.3 Å². The third-order valence-electron chi connectivity index (χ3n) is 11.7. The van der Waals surface area contributed by atoms with E-state index in [1.165, 1.54) is 14.9 Å². The molecule has 4 rings (SSSR count). The highest BCUT2D eigenvalue weighted by molar-refractivity contribution is 6.99. The number of nitrogens with zero attached hydrogens (tertiary/aromatic N) is 1. The van der Waals surface area contributed by atoms with Crippen LogP contribution in [0.1, 0.15) is 80.5 Å². The number of aromatic amines is 1. The van der Waals surface area contributed by atoms with Gasteiger partial charge in [-0.15, -0.1) is 0 Å². The van der Waals surface area contributed by atoms with E-state index in [0.717, 1.165) is 0 Å². The van der Waals surface area contributed by atoms with Crippen LogP contribution in [0.2, 0.25) is 41.3 Å². The van der Waals surface area contributed by atoms with Crippen LogP contribution < -0.4 is 21.6 Å². The van der Waals surface area contributed by atoms with E-state index >= 15 is 0 Å². The predicted octanol–water partition coefficient (Wildman–Crippen LogP) is 7.08. The first-order chi connectivity index (χ1) is 22.8. The highest BCUT2D eigenvalue weighted by Gasteiger charge is 2.58. The molecule has 276 valence electrons. The highest BCUT2D eigenvalue weighted by Crippen LogP contribution is 2.52. The number of hydrogen-bond donors (Lipinski definition) is 2. The first-order valence-electron chi connectivity index (χ1n) is 18.0. The Morgan fingerprint density at radius 1 is 0.860 bits per heavy atom. The number of rotatable bonds is 11. The Morgan fingerprint density at radius 2 is 1.36 bits per heavy atom. The average molecular weight is 739 g/mol. The van der Waals surface area contributed by atoms with Gasteiger partial charge in [-0.05, 0) is 71.9 Å². The van der Waals surface area contributed by atoms with Crippen LogP contribution in [0.3, 0.4) is 0 Å². The molecule has 1 aliphatic heterocycles. The monoisotopic (exact) mass is 738 g/mol. The highest BCUT2D eigenvalue weighted by atomic mass is 28.4. The molecule has 0 bridgehead atoms. The fraction of sp³-hybridized carbons (Fsp3) is 0.590. The van der Waals surface area contributed by atoms with Gasteiger partial charge in [0, 0.05) is 17.7 Å². The summed E-state index contributed by atoms with van der Waals surface area (Å²) >= 11 is 0. The average Bonchev–Trinajstić information content (AvgIpc) is 3.33. The third kappa shape index (κ3) is 7.84. The second kappa shape index (κ2) is 14.2. The Hall–Kier alpha value is -2.39. The van der Waals surface area contributed by atoms with E-state index in [1.807, 2.05) is 25.2 Å². The lowest BCUT2D eigenvalue weighted by Gasteiger charge is -2.47. The van der Waals surface area contributed by atoms with Gasteiger partial charge < -0.3 is 18.4 Å². The van der Waals surface area contributed by atoms with Crippen LogP contribution >= 0.6 is 0 Å². The lowest BCUT2D eigenvalue weighted by atomic mass is 9.88. The van der Waals surface area contributed by atoms with Gasteiger partial charge in [0.1, 0.15) is 12.3 Å². The van der Waals surface area contributed by atoms with Crippen molar-refractivity contribution in [1.82, 2.24) is 9.55 Å². The predicted molar refractivity (Wildman–Crippen MR) is 212 cm³/mol. The number of aryl methyl sites for hydroxylation is 1. The maximum absolute atomic E-state index is 13.6. The van der Waals surface area contributed by atoms with Crippen LogP contribution in [-0.2, 0) is 13.6 Å². The standard InChI is InChI=1S/C39H62N2O6Si3/c1-27-26-41(36(43)40-34(27)42)35-31(25-39(9,10)48(11,12)44)33(47-49(13,14)37(3,4)5)32(45-35)28(2)46-50(38(6,7)8,29-21-17-15-18-22-29)30-23-19-16-20-24-30/h15-24,26,28,31-33,35,44H,25H2,1-14H3,(H,40,42,43)/t28?,31?,32-,33?,35-/m1/s1. The summed E-state index contributed by atoms with van der Waals surface area (Å²) in [4.78, 5) is 40.2. The molecule has 0 saturated carbocycles. The largest absolute Gasteiger partial charge is 0.432 e. The summed E-state index contributed by atoms with van der Waals surface area (Å²) in [6.07, 6.45) is -0.0562. The first-order valence-corrected chi connectivity index (χ1v) is 25.8. The zero-order chi connectivity index (χ0) is 37.7. The van der Waals surface area contributed by atoms with Crippen LogP contribution in [0.15, 0.2) is 76.4 Å². The van der Waals surface area contributed by atoms with Crippen LogP contribution in [-0.4, -0.2) is 57.6 Å². The van der Waals surface area contributed by atoms with Gasteiger partial charge in [0.05, 0.1) is 12.2 Å². The Bertz CT molecular complexity index is 1680. The first kappa shape index (κ1) is 40.4. The summed E-state index contributed by atoms with van der Waals surface area (Å²) in [5.74, 6) is -0.323. The van der Waals surface area contributed by atoms with Crippen molar-refractivity contribution in [3.8, 4) is 0 Å². The van der Waals surface area contributed by atoms with E-state index < -0.39 is 65.8 Å². The molecule has 8 nitrogen and oxygen atoms in total. The van der Waals surface area contributed by atoms with Crippen molar-refractivity contribution in [2.45, 2.75) is 142 Å². The summed E-state index contributed by atoms with van der Waals surface area (Å²) in [7, 11) is -8.15. The number of benzene rings is 2. The zero-order valence-electron chi connectivity index (χ0n) is 32.9. The van der Waals surface area contributed by atoms with E-state index in [-0.39, 0.29) is 16.0 Å². The van der Waals surface area contributed by atoms with E-state index in [2.05, 4.69) is 129 Å². The van der Waals surface area contributed by atoms with Crippen molar-refractivity contribution in [2.75, 3.05) is 0 Å². The van der Waals surface area contributed by atoms with Crippen LogP contribution in [0.5, 0.6) is 0 Å². The Labute approximate surface area is 303 Å². The Morgan fingerprint density at radius 3 is 1.80 bits per heavy atom. The van der Waals surface area contributed by atoms with Gasteiger partial charge in [-0.2, -0.15) is 0 Å².